The first kappa shape index (κ1) is 14.8. The summed E-state index contributed by atoms with van der Waals surface area (Å²) < 4.78 is 0. The molecule has 0 aromatic carbocycles. The van der Waals surface area contributed by atoms with Gasteiger partial charge in [0.15, 0.2) is 0 Å². The van der Waals surface area contributed by atoms with Crippen LogP contribution in [0, 0.1) is 5.92 Å². The van der Waals surface area contributed by atoms with Gasteiger partial charge in [-0.1, -0.05) is 19.8 Å². The van der Waals surface area contributed by atoms with Gasteiger partial charge in [0.25, 0.3) is 0 Å². The van der Waals surface area contributed by atoms with Crippen LogP contribution in [0.15, 0.2) is 0 Å². The molecule has 2 saturated carbocycles. The summed E-state index contributed by atoms with van der Waals surface area (Å²) in [5, 5.41) is 3.17. The fourth-order valence-corrected chi connectivity index (χ4v) is 4.11. The molecule has 0 spiro atoms. The fraction of sp³-hybridized carbons (Fsp3) is 0.933. The zero-order chi connectivity index (χ0) is 14.0. The fourth-order valence-electron chi connectivity index (χ4n) is 4.11. The van der Waals surface area contributed by atoms with E-state index in [1.165, 1.54) is 25.7 Å². The van der Waals surface area contributed by atoms with Crippen LogP contribution < -0.4 is 11.1 Å². The Balaban J connectivity index is 2.01. The van der Waals surface area contributed by atoms with E-state index in [4.69, 9.17) is 5.73 Å². The first-order chi connectivity index (χ1) is 9.00. The van der Waals surface area contributed by atoms with Gasteiger partial charge in [0.1, 0.15) is 0 Å². The van der Waals surface area contributed by atoms with Gasteiger partial charge in [0.2, 0.25) is 5.91 Å². The van der Waals surface area contributed by atoms with Crippen LogP contribution in [0.5, 0.6) is 0 Å². The van der Waals surface area contributed by atoms with E-state index < -0.39 is 5.54 Å². The number of carbonyl (C=O) groups is 1. The minimum Gasteiger partial charge on any atom is -0.368 e. The summed E-state index contributed by atoms with van der Waals surface area (Å²) in [6.07, 6.45) is 8.17. The standard InChI is InChI=1S/C15H29N3O/c1-11-6-4-5-7-13(11)18(3)12-8-9-15(10-12,17-2)14(16)19/h11-13,17H,4-10H2,1-3H3,(H2,16,19). The van der Waals surface area contributed by atoms with Crippen molar-refractivity contribution in [3.63, 3.8) is 0 Å². The molecule has 4 heteroatoms. The molecule has 3 N–H and O–H groups in total. The van der Waals surface area contributed by atoms with Gasteiger partial charge in [-0.15, -0.1) is 0 Å². The average molecular weight is 267 g/mol. The molecule has 1 amide bonds. The second kappa shape index (κ2) is 5.80. The van der Waals surface area contributed by atoms with Crippen LogP contribution in [0.3, 0.4) is 0 Å². The van der Waals surface area contributed by atoms with Crippen molar-refractivity contribution < 1.29 is 4.79 Å². The first-order valence-electron chi connectivity index (χ1n) is 7.71. The highest BCUT2D eigenvalue weighted by molar-refractivity contribution is 5.85. The Bertz CT molecular complexity index is 333. The highest BCUT2D eigenvalue weighted by Crippen LogP contribution is 2.36. The van der Waals surface area contributed by atoms with E-state index in [9.17, 15) is 4.79 Å². The minimum absolute atomic E-state index is 0.192. The van der Waals surface area contributed by atoms with Crippen molar-refractivity contribution in [2.45, 2.75) is 69.5 Å². The van der Waals surface area contributed by atoms with E-state index in [0.29, 0.717) is 12.1 Å². The number of nitrogens with two attached hydrogens (primary N) is 1. The monoisotopic (exact) mass is 267 g/mol. The van der Waals surface area contributed by atoms with Crippen LogP contribution in [-0.4, -0.2) is 42.5 Å². The van der Waals surface area contributed by atoms with E-state index in [1.807, 2.05) is 7.05 Å². The molecule has 4 nitrogen and oxygen atoms in total. The van der Waals surface area contributed by atoms with E-state index >= 15 is 0 Å². The van der Waals surface area contributed by atoms with Crippen molar-refractivity contribution in [2.75, 3.05) is 14.1 Å². The molecule has 0 saturated heterocycles. The molecule has 19 heavy (non-hydrogen) atoms. The molecule has 2 fully saturated rings. The smallest absolute Gasteiger partial charge is 0.237 e. The number of likely N-dealkylation sites (N-methyl/N-ethyl adjacent to an activating group) is 1. The second-order valence-corrected chi connectivity index (χ2v) is 6.59. The van der Waals surface area contributed by atoms with Gasteiger partial charge in [-0.2, -0.15) is 0 Å². The van der Waals surface area contributed by atoms with Gasteiger partial charge in [0.05, 0.1) is 5.54 Å². The molecule has 0 aromatic heterocycles. The van der Waals surface area contributed by atoms with Gasteiger partial charge < -0.3 is 16.0 Å². The average Bonchev–Trinajstić information content (AvgIpc) is 2.84. The molecule has 2 aliphatic carbocycles. The third-order valence-corrected chi connectivity index (χ3v) is 5.60. The molecular weight excluding hydrogens is 238 g/mol. The summed E-state index contributed by atoms with van der Waals surface area (Å²) in [5.41, 5.74) is 5.12. The largest absolute Gasteiger partial charge is 0.368 e. The van der Waals surface area contributed by atoms with Crippen LogP contribution in [0.4, 0.5) is 0 Å². The van der Waals surface area contributed by atoms with E-state index in [0.717, 1.165) is 25.2 Å². The van der Waals surface area contributed by atoms with Crippen molar-refractivity contribution in [1.82, 2.24) is 10.2 Å². The van der Waals surface area contributed by atoms with Crippen LogP contribution in [-0.2, 0) is 4.79 Å². The van der Waals surface area contributed by atoms with E-state index in [2.05, 4.69) is 24.2 Å². The second-order valence-electron chi connectivity index (χ2n) is 6.59. The van der Waals surface area contributed by atoms with Gasteiger partial charge in [-0.05, 0) is 52.1 Å². The lowest BCUT2D eigenvalue weighted by Gasteiger charge is -2.40. The minimum atomic E-state index is -0.475. The maximum atomic E-state index is 11.7. The SMILES string of the molecule is CNC1(C(N)=O)CCC(N(C)C2CCCCC2C)C1. The number of amides is 1. The zero-order valence-electron chi connectivity index (χ0n) is 12.6. The molecule has 0 radical (unpaired) electrons. The number of nitrogens with one attached hydrogen (secondary N) is 1. The maximum Gasteiger partial charge on any atom is 0.237 e. The van der Waals surface area contributed by atoms with Crippen molar-refractivity contribution in [1.29, 1.82) is 0 Å². The molecule has 2 rings (SSSR count). The Morgan fingerprint density at radius 1 is 1.32 bits per heavy atom. The van der Waals surface area contributed by atoms with Crippen molar-refractivity contribution in [3.05, 3.63) is 0 Å². The van der Waals surface area contributed by atoms with Gasteiger partial charge in [-0.25, -0.2) is 0 Å². The van der Waals surface area contributed by atoms with Crippen molar-refractivity contribution >= 4 is 5.91 Å². The quantitative estimate of drug-likeness (QED) is 0.811. The summed E-state index contributed by atoms with van der Waals surface area (Å²) in [6, 6.07) is 1.17. The predicted molar refractivity (Wildman–Crippen MR) is 77.8 cm³/mol. The number of carbonyl (C=O) groups excluding carboxylic acids is 1. The lowest BCUT2D eigenvalue weighted by molar-refractivity contribution is -0.124. The summed E-state index contributed by atoms with van der Waals surface area (Å²) in [6.45, 7) is 2.37. The van der Waals surface area contributed by atoms with Gasteiger partial charge in [0, 0.05) is 12.1 Å². The predicted octanol–water partition coefficient (Wildman–Crippen LogP) is 1.49. The normalized spacial score (nSPS) is 39.7. The van der Waals surface area contributed by atoms with Crippen LogP contribution in [0.2, 0.25) is 0 Å². The number of hydrogen-bond acceptors (Lipinski definition) is 3. The van der Waals surface area contributed by atoms with Crippen molar-refractivity contribution in [3.8, 4) is 0 Å². The molecule has 4 atom stereocenters. The molecule has 0 aliphatic heterocycles. The zero-order valence-corrected chi connectivity index (χ0v) is 12.6. The number of hydrogen-bond donors (Lipinski definition) is 2. The van der Waals surface area contributed by atoms with Crippen molar-refractivity contribution in [2.24, 2.45) is 11.7 Å². The highest BCUT2D eigenvalue weighted by Gasteiger charge is 2.45. The molecule has 110 valence electrons. The third-order valence-electron chi connectivity index (χ3n) is 5.60. The van der Waals surface area contributed by atoms with Gasteiger partial charge >= 0.3 is 0 Å². The molecule has 2 aliphatic rings. The summed E-state index contributed by atoms with van der Waals surface area (Å²) in [7, 11) is 4.10. The Labute approximate surface area is 117 Å². The summed E-state index contributed by atoms with van der Waals surface area (Å²) >= 11 is 0. The summed E-state index contributed by atoms with van der Waals surface area (Å²) in [4.78, 5) is 14.2. The lowest BCUT2D eigenvalue weighted by atomic mass is 9.84. The topological polar surface area (TPSA) is 58.4 Å². The number of primary amides is 1. The van der Waals surface area contributed by atoms with Crippen LogP contribution >= 0.6 is 0 Å². The Morgan fingerprint density at radius 3 is 2.53 bits per heavy atom. The summed E-state index contributed by atoms with van der Waals surface area (Å²) in [5.74, 6) is 0.583. The molecular formula is C15H29N3O. The van der Waals surface area contributed by atoms with Crippen LogP contribution in [0.25, 0.3) is 0 Å². The maximum absolute atomic E-state index is 11.7. The molecule has 0 aromatic rings. The molecule has 4 unspecified atom stereocenters. The first-order valence-corrected chi connectivity index (χ1v) is 7.71. The Hall–Kier alpha value is -0.610. The highest BCUT2D eigenvalue weighted by atomic mass is 16.1. The third kappa shape index (κ3) is 2.79. The Kier molecular flexibility index (Phi) is 4.51. The lowest BCUT2D eigenvalue weighted by Crippen LogP contribution is -2.53. The number of rotatable bonds is 4. The van der Waals surface area contributed by atoms with E-state index in [1.54, 1.807) is 0 Å². The van der Waals surface area contributed by atoms with E-state index in [-0.39, 0.29) is 5.91 Å². The number of nitrogens with zero attached hydrogens (tertiary/aromatic N) is 1. The Morgan fingerprint density at radius 2 is 2.00 bits per heavy atom. The molecule has 0 heterocycles. The van der Waals surface area contributed by atoms with Crippen LogP contribution in [0.1, 0.15) is 51.9 Å². The molecule has 0 bridgehead atoms. The van der Waals surface area contributed by atoms with Gasteiger partial charge in [-0.3, -0.25) is 4.79 Å².